The lowest BCUT2D eigenvalue weighted by Gasteiger charge is -2.14. The van der Waals surface area contributed by atoms with E-state index in [0.29, 0.717) is 57.0 Å². The fraction of sp³-hybridized carbons (Fsp3) is 0.192. The Morgan fingerprint density at radius 2 is 1.91 bits per heavy atom. The van der Waals surface area contributed by atoms with E-state index in [-0.39, 0.29) is 11.5 Å². The number of fused-ring (bicyclic) bond motifs is 1. The molecular weight excluding hydrogens is 486 g/mol. The lowest BCUT2D eigenvalue weighted by Crippen LogP contribution is -2.27. The van der Waals surface area contributed by atoms with Gasteiger partial charge in [0, 0.05) is 36.1 Å². The highest BCUT2D eigenvalue weighted by atomic mass is 35.5. The Hall–Kier alpha value is -3.33. The Balaban J connectivity index is 1.79. The van der Waals surface area contributed by atoms with Crippen molar-refractivity contribution in [2.75, 3.05) is 27.4 Å². The highest BCUT2D eigenvalue weighted by molar-refractivity contribution is 7.98. The van der Waals surface area contributed by atoms with Crippen LogP contribution in [0.15, 0.2) is 76.7 Å². The van der Waals surface area contributed by atoms with E-state index in [1.165, 1.54) is 11.8 Å². The minimum atomic E-state index is -0.254. The van der Waals surface area contributed by atoms with Crippen molar-refractivity contribution in [2.45, 2.75) is 10.9 Å². The van der Waals surface area contributed by atoms with Crippen LogP contribution in [0, 0.1) is 0 Å². The summed E-state index contributed by atoms with van der Waals surface area (Å²) in [7, 11) is 3.15. The third-order valence-electron chi connectivity index (χ3n) is 5.26. The van der Waals surface area contributed by atoms with E-state index in [9.17, 15) is 9.59 Å². The Labute approximate surface area is 212 Å². The van der Waals surface area contributed by atoms with Gasteiger partial charge in [0.2, 0.25) is 0 Å². The molecule has 9 heteroatoms. The Kier molecular flexibility index (Phi) is 8.07. The second kappa shape index (κ2) is 11.4. The van der Waals surface area contributed by atoms with Crippen molar-refractivity contribution in [1.82, 2.24) is 14.9 Å². The molecule has 1 amide bonds. The monoisotopic (exact) mass is 509 g/mol. The van der Waals surface area contributed by atoms with Gasteiger partial charge in [-0.25, -0.2) is 4.98 Å². The molecule has 0 spiro atoms. The number of benzene rings is 3. The zero-order valence-corrected chi connectivity index (χ0v) is 20.9. The van der Waals surface area contributed by atoms with Crippen molar-refractivity contribution in [3.63, 3.8) is 0 Å². The van der Waals surface area contributed by atoms with Crippen molar-refractivity contribution < 1.29 is 14.3 Å². The molecule has 7 nitrogen and oxygen atoms in total. The fourth-order valence-corrected chi connectivity index (χ4v) is 4.69. The molecule has 0 aliphatic heterocycles. The zero-order chi connectivity index (χ0) is 24.8. The van der Waals surface area contributed by atoms with Gasteiger partial charge in [0.15, 0.2) is 5.16 Å². The Morgan fingerprint density at radius 1 is 1.09 bits per heavy atom. The van der Waals surface area contributed by atoms with E-state index >= 15 is 0 Å². The maximum absolute atomic E-state index is 13.6. The second-order valence-electron chi connectivity index (χ2n) is 7.64. The predicted octanol–water partition coefficient (Wildman–Crippen LogP) is 4.72. The molecule has 0 saturated carbocycles. The summed E-state index contributed by atoms with van der Waals surface area (Å²) >= 11 is 7.56. The number of thioether (sulfide) groups is 1. The molecule has 0 aliphatic rings. The molecular formula is C26H24ClN3O4S. The fourth-order valence-electron chi connectivity index (χ4n) is 3.52. The molecule has 0 atom stereocenters. The molecule has 1 N–H and O–H groups in total. The zero-order valence-electron chi connectivity index (χ0n) is 19.3. The molecule has 35 heavy (non-hydrogen) atoms. The van der Waals surface area contributed by atoms with E-state index in [4.69, 9.17) is 26.1 Å². The van der Waals surface area contributed by atoms with Gasteiger partial charge in [-0.3, -0.25) is 14.2 Å². The van der Waals surface area contributed by atoms with Crippen LogP contribution < -0.4 is 15.6 Å². The van der Waals surface area contributed by atoms with Crippen LogP contribution in [-0.4, -0.2) is 42.8 Å². The number of amides is 1. The van der Waals surface area contributed by atoms with Gasteiger partial charge >= 0.3 is 0 Å². The predicted molar refractivity (Wildman–Crippen MR) is 139 cm³/mol. The molecule has 3 aromatic carbocycles. The summed E-state index contributed by atoms with van der Waals surface area (Å²) in [5.41, 5.74) is 2.27. The van der Waals surface area contributed by atoms with Crippen molar-refractivity contribution in [1.29, 1.82) is 0 Å². The molecule has 0 radical (unpaired) electrons. The molecule has 0 bridgehead atoms. The van der Waals surface area contributed by atoms with Gasteiger partial charge in [0.25, 0.3) is 11.5 Å². The number of hydrogen-bond donors (Lipinski definition) is 1. The molecule has 0 fully saturated rings. The molecule has 0 unspecified atom stereocenters. The van der Waals surface area contributed by atoms with Gasteiger partial charge in [0.1, 0.15) is 5.75 Å². The molecule has 1 heterocycles. The van der Waals surface area contributed by atoms with Gasteiger partial charge in [-0.05, 0) is 48.0 Å². The van der Waals surface area contributed by atoms with Crippen LogP contribution in [0.1, 0.15) is 15.9 Å². The number of halogens is 1. The first kappa shape index (κ1) is 24.8. The van der Waals surface area contributed by atoms with Crippen LogP contribution in [-0.2, 0) is 10.5 Å². The lowest BCUT2D eigenvalue weighted by atomic mass is 10.1. The smallest absolute Gasteiger partial charge is 0.266 e. The normalized spacial score (nSPS) is 10.9. The van der Waals surface area contributed by atoms with Crippen LogP contribution >= 0.6 is 23.4 Å². The summed E-state index contributed by atoms with van der Waals surface area (Å²) in [5, 5.41) is 4.34. The van der Waals surface area contributed by atoms with Crippen molar-refractivity contribution in [3.8, 4) is 11.4 Å². The Bertz CT molecular complexity index is 1420. The number of ether oxygens (including phenoxy) is 2. The number of carbonyl (C=O) groups is 1. The minimum absolute atomic E-state index is 0.233. The van der Waals surface area contributed by atoms with Crippen molar-refractivity contribution >= 4 is 40.2 Å². The Morgan fingerprint density at radius 3 is 2.69 bits per heavy atom. The summed E-state index contributed by atoms with van der Waals surface area (Å²) in [4.78, 5) is 31.0. The first-order valence-electron chi connectivity index (χ1n) is 10.9. The topological polar surface area (TPSA) is 82.5 Å². The summed E-state index contributed by atoms with van der Waals surface area (Å²) in [6, 6.07) is 19.7. The quantitative estimate of drug-likeness (QED) is 0.200. The first-order chi connectivity index (χ1) is 17.0. The van der Waals surface area contributed by atoms with E-state index in [2.05, 4.69) is 5.32 Å². The van der Waals surface area contributed by atoms with Gasteiger partial charge in [-0.2, -0.15) is 0 Å². The molecule has 0 aliphatic carbocycles. The van der Waals surface area contributed by atoms with Crippen molar-refractivity contribution in [2.24, 2.45) is 0 Å². The number of aromatic nitrogens is 2. The standard InChI is InChI=1S/C26H24ClN3O4S/c1-33-12-11-28-24(31)18-9-10-22-23(14-18)29-26(35-16-17-5-3-6-19(27)13-17)30(25(22)32)20-7-4-8-21(15-20)34-2/h3-10,13-15H,11-12,16H2,1-2H3,(H,28,31). The summed E-state index contributed by atoms with van der Waals surface area (Å²) in [5.74, 6) is 0.930. The van der Waals surface area contributed by atoms with Crippen LogP contribution in [0.2, 0.25) is 5.02 Å². The van der Waals surface area contributed by atoms with Gasteiger partial charge in [0.05, 0.1) is 30.3 Å². The highest BCUT2D eigenvalue weighted by Crippen LogP contribution is 2.27. The van der Waals surface area contributed by atoms with Gasteiger partial charge in [-0.15, -0.1) is 0 Å². The van der Waals surface area contributed by atoms with E-state index in [1.54, 1.807) is 43.1 Å². The first-order valence-corrected chi connectivity index (χ1v) is 12.2. The highest BCUT2D eigenvalue weighted by Gasteiger charge is 2.16. The molecule has 4 rings (SSSR count). The maximum Gasteiger partial charge on any atom is 0.266 e. The number of nitrogens with zero attached hydrogens (tertiary/aromatic N) is 2. The third kappa shape index (κ3) is 5.85. The summed E-state index contributed by atoms with van der Waals surface area (Å²) < 4.78 is 11.9. The van der Waals surface area contributed by atoms with Crippen LogP contribution in [0.4, 0.5) is 0 Å². The minimum Gasteiger partial charge on any atom is -0.497 e. The molecule has 180 valence electrons. The molecule has 0 saturated heterocycles. The molecule has 1 aromatic heterocycles. The van der Waals surface area contributed by atoms with Crippen LogP contribution in [0.25, 0.3) is 16.6 Å². The second-order valence-corrected chi connectivity index (χ2v) is 9.01. The number of carbonyl (C=O) groups excluding carboxylic acids is 1. The number of rotatable bonds is 9. The number of hydrogen-bond acceptors (Lipinski definition) is 6. The summed E-state index contributed by atoms with van der Waals surface area (Å²) in [6.45, 7) is 0.798. The van der Waals surface area contributed by atoms with E-state index < -0.39 is 0 Å². The molecule has 4 aromatic rings. The largest absolute Gasteiger partial charge is 0.497 e. The average molecular weight is 510 g/mol. The third-order valence-corrected chi connectivity index (χ3v) is 6.51. The van der Waals surface area contributed by atoms with E-state index in [1.807, 2.05) is 42.5 Å². The lowest BCUT2D eigenvalue weighted by molar-refractivity contribution is 0.0937. The van der Waals surface area contributed by atoms with Crippen LogP contribution in [0.5, 0.6) is 5.75 Å². The van der Waals surface area contributed by atoms with E-state index in [0.717, 1.165) is 5.56 Å². The maximum atomic E-state index is 13.6. The number of nitrogens with one attached hydrogen (secondary N) is 1. The average Bonchev–Trinajstić information content (AvgIpc) is 2.87. The van der Waals surface area contributed by atoms with Gasteiger partial charge in [-0.1, -0.05) is 41.6 Å². The van der Waals surface area contributed by atoms with Crippen molar-refractivity contribution in [3.05, 3.63) is 93.2 Å². The van der Waals surface area contributed by atoms with Crippen LogP contribution in [0.3, 0.4) is 0 Å². The van der Waals surface area contributed by atoms with Gasteiger partial charge < -0.3 is 14.8 Å². The summed E-state index contributed by atoms with van der Waals surface area (Å²) in [6.07, 6.45) is 0. The SMILES string of the molecule is COCCNC(=O)c1ccc2c(=O)n(-c3cccc(OC)c3)c(SCc3cccc(Cl)c3)nc2c1. The number of methoxy groups -OCH3 is 2.